The van der Waals surface area contributed by atoms with Gasteiger partial charge in [0.1, 0.15) is 11.6 Å². The van der Waals surface area contributed by atoms with E-state index in [9.17, 15) is 19.2 Å². The highest BCUT2D eigenvalue weighted by atomic mass is 16.5. The molecule has 2 aromatic heterocycles. The Morgan fingerprint density at radius 2 is 1.28 bits per heavy atom. The molecule has 1 aromatic carbocycles. The average Bonchev–Trinajstić information content (AvgIpc) is 2.92. The number of hydrogen-bond acceptors (Lipinski definition) is 9. The summed E-state index contributed by atoms with van der Waals surface area (Å²) in [5.74, 6) is -0.974. The molecule has 0 bridgehead atoms. The molecule has 0 aliphatic carbocycles. The highest BCUT2D eigenvalue weighted by Gasteiger charge is 2.10. The number of benzene rings is 1. The summed E-state index contributed by atoms with van der Waals surface area (Å²) in [6.07, 6.45) is 3.24. The minimum absolute atomic E-state index is 0.0385. The van der Waals surface area contributed by atoms with E-state index in [0.717, 1.165) is 16.8 Å². The molecule has 0 aliphatic heterocycles. The molecule has 39 heavy (non-hydrogen) atoms. The lowest BCUT2D eigenvalue weighted by molar-refractivity contribution is -0.147. The second-order valence-corrected chi connectivity index (χ2v) is 7.90. The molecule has 0 fully saturated rings. The van der Waals surface area contributed by atoms with E-state index in [4.69, 9.17) is 9.84 Å². The number of pyridine rings is 2. The number of carbonyl (C=O) groups excluding carboxylic acids is 3. The fourth-order valence-electron chi connectivity index (χ4n) is 3.12. The number of nitrogens with one attached hydrogen (secondary N) is 2. The van der Waals surface area contributed by atoms with Crippen molar-refractivity contribution >= 4 is 41.1 Å². The number of ether oxygens (including phenoxy) is 2. The third-order valence-corrected chi connectivity index (χ3v) is 4.88. The van der Waals surface area contributed by atoms with Crippen molar-refractivity contribution in [1.29, 1.82) is 0 Å². The number of carbonyl (C=O) groups is 4. The van der Waals surface area contributed by atoms with Gasteiger partial charge in [0, 0.05) is 24.5 Å². The molecular weight excluding hydrogens is 504 g/mol. The highest BCUT2D eigenvalue weighted by molar-refractivity contribution is 5.92. The maximum atomic E-state index is 12.0. The number of carboxylic acid groups (broad SMARTS) is 1. The van der Waals surface area contributed by atoms with Crippen molar-refractivity contribution in [3.8, 4) is 11.1 Å². The van der Waals surface area contributed by atoms with Crippen LogP contribution >= 0.6 is 0 Å². The van der Waals surface area contributed by atoms with Crippen molar-refractivity contribution in [2.24, 2.45) is 0 Å². The Kier molecular flexibility index (Phi) is 13.1. The van der Waals surface area contributed by atoms with Crippen molar-refractivity contribution in [3.05, 3.63) is 67.0 Å². The lowest BCUT2D eigenvalue weighted by Gasteiger charge is -2.09. The lowest BCUT2D eigenvalue weighted by atomic mass is 10.1. The molecule has 3 rings (SSSR count). The number of amides is 1. The molecule has 0 aliphatic rings. The summed E-state index contributed by atoms with van der Waals surface area (Å²) in [6, 6.07) is 17.2. The van der Waals surface area contributed by atoms with Gasteiger partial charge in [-0.1, -0.05) is 18.2 Å². The van der Waals surface area contributed by atoms with Crippen molar-refractivity contribution in [3.63, 3.8) is 0 Å². The van der Waals surface area contributed by atoms with Crippen LogP contribution in [-0.2, 0) is 28.7 Å². The van der Waals surface area contributed by atoms with Gasteiger partial charge in [-0.15, -0.1) is 0 Å². The van der Waals surface area contributed by atoms with Gasteiger partial charge in [0.15, 0.2) is 0 Å². The van der Waals surface area contributed by atoms with Crippen LogP contribution in [0.2, 0.25) is 0 Å². The summed E-state index contributed by atoms with van der Waals surface area (Å²) < 4.78 is 9.32. The van der Waals surface area contributed by atoms with Gasteiger partial charge < -0.3 is 25.2 Å². The average molecular weight is 537 g/mol. The van der Waals surface area contributed by atoms with E-state index in [-0.39, 0.29) is 37.6 Å². The van der Waals surface area contributed by atoms with Crippen molar-refractivity contribution in [2.75, 3.05) is 23.8 Å². The molecule has 11 heteroatoms. The standard InChI is InChI=1S/C22H22N4O3.C6H10O4/c1-2-29-22(28)9-8-21(27)26-20-15-17(11-13-24-20)16-10-12-23-19(14-16)25-18-6-4-3-5-7-18;1-2-10-6(9)4-3-5(7)8/h3-7,10-15H,2,8-9H2,1H3,(H,23,25)(H,24,26,27);2-4H2,1H3,(H,7,8). The predicted octanol–water partition coefficient (Wildman–Crippen LogP) is 4.58. The first kappa shape index (κ1) is 30.4. The maximum absolute atomic E-state index is 12.0. The van der Waals surface area contributed by atoms with E-state index in [2.05, 4.69) is 25.3 Å². The van der Waals surface area contributed by atoms with Crippen LogP contribution < -0.4 is 10.6 Å². The Morgan fingerprint density at radius 1 is 0.744 bits per heavy atom. The SMILES string of the molecule is CCOC(=O)CCC(=O)Nc1cc(-c2ccnc(Nc3ccccc3)c2)ccn1.CCOC(=O)CCC(=O)O. The predicted molar refractivity (Wildman–Crippen MR) is 145 cm³/mol. The summed E-state index contributed by atoms with van der Waals surface area (Å²) in [4.78, 5) is 52.3. The molecule has 3 aromatic rings. The Labute approximate surface area is 226 Å². The highest BCUT2D eigenvalue weighted by Crippen LogP contribution is 2.24. The smallest absolute Gasteiger partial charge is 0.306 e. The van der Waals surface area contributed by atoms with Gasteiger partial charge in [-0.3, -0.25) is 19.2 Å². The van der Waals surface area contributed by atoms with Gasteiger partial charge in [-0.25, -0.2) is 9.97 Å². The normalized spacial score (nSPS) is 9.90. The number of aliphatic carboxylic acids is 1. The Bertz CT molecular complexity index is 1240. The van der Waals surface area contributed by atoms with Gasteiger partial charge in [-0.05, 0) is 61.4 Å². The fraction of sp³-hybridized carbons (Fsp3) is 0.286. The summed E-state index contributed by atoms with van der Waals surface area (Å²) >= 11 is 0. The zero-order chi connectivity index (χ0) is 28.5. The third kappa shape index (κ3) is 12.3. The van der Waals surface area contributed by atoms with Gasteiger partial charge in [0.25, 0.3) is 0 Å². The van der Waals surface area contributed by atoms with Gasteiger partial charge in [0.05, 0.1) is 32.5 Å². The molecule has 11 nitrogen and oxygen atoms in total. The molecule has 3 N–H and O–H groups in total. The molecule has 0 saturated carbocycles. The third-order valence-electron chi connectivity index (χ3n) is 4.88. The van der Waals surface area contributed by atoms with E-state index in [0.29, 0.717) is 24.8 Å². The van der Waals surface area contributed by atoms with Gasteiger partial charge in [-0.2, -0.15) is 0 Å². The van der Waals surface area contributed by atoms with Crippen LogP contribution in [0.25, 0.3) is 11.1 Å². The van der Waals surface area contributed by atoms with Crippen LogP contribution in [0, 0.1) is 0 Å². The summed E-state index contributed by atoms with van der Waals surface area (Å²) in [7, 11) is 0. The zero-order valence-electron chi connectivity index (χ0n) is 21.9. The number of aromatic nitrogens is 2. The molecule has 1 amide bonds. The van der Waals surface area contributed by atoms with E-state index in [1.165, 1.54) is 0 Å². The molecule has 0 radical (unpaired) electrons. The summed E-state index contributed by atoms with van der Waals surface area (Å²) in [5.41, 5.74) is 2.77. The van der Waals surface area contributed by atoms with E-state index in [1.807, 2.05) is 48.5 Å². The van der Waals surface area contributed by atoms with Crippen LogP contribution in [-0.4, -0.2) is 52.1 Å². The number of anilines is 3. The number of esters is 2. The molecule has 0 atom stereocenters. The minimum atomic E-state index is -0.979. The number of nitrogens with zero attached hydrogens (tertiary/aromatic N) is 2. The largest absolute Gasteiger partial charge is 0.481 e. The number of carboxylic acids is 1. The van der Waals surface area contributed by atoms with Crippen molar-refractivity contribution < 1.29 is 33.8 Å². The molecule has 206 valence electrons. The quantitative estimate of drug-likeness (QED) is 0.280. The molecule has 0 spiro atoms. The zero-order valence-corrected chi connectivity index (χ0v) is 21.9. The monoisotopic (exact) mass is 536 g/mol. The van der Waals surface area contributed by atoms with Crippen molar-refractivity contribution in [2.45, 2.75) is 39.5 Å². The first-order valence-electron chi connectivity index (χ1n) is 12.4. The first-order valence-corrected chi connectivity index (χ1v) is 12.4. The van der Waals surface area contributed by atoms with Gasteiger partial charge in [0.2, 0.25) is 5.91 Å². The second kappa shape index (κ2) is 16.8. The van der Waals surface area contributed by atoms with Crippen LogP contribution in [0.15, 0.2) is 67.0 Å². The van der Waals surface area contributed by atoms with E-state index in [1.54, 1.807) is 32.3 Å². The maximum Gasteiger partial charge on any atom is 0.306 e. The Hall–Kier alpha value is -4.80. The molecular formula is C28H32N4O7. The van der Waals surface area contributed by atoms with Crippen LogP contribution in [0.1, 0.15) is 39.5 Å². The lowest BCUT2D eigenvalue weighted by Crippen LogP contribution is -2.15. The van der Waals surface area contributed by atoms with Crippen LogP contribution in [0.3, 0.4) is 0 Å². The van der Waals surface area contributed by atoms with Gasteiger partial charge >= 0.3 is 17.9 Å². The van der Waals surface area contributed by atoms with E-state index >= 15 is 0 Å². The topological polar surface area (TPSA) is 157 Å². The second-order valence-electron chi connectivity index (χ2n) is 7.90. The summed E-state index contributed by atoms with van der Waals surface area (Å²) in [5, 5.41) is 14.1. The number of rotatable bonds is 12. The Balaban J connectivity index is 0.000000455. The van der Waals surface area contributed by atoms with Crippen LogP contribution in [0.4, 0.5) is 17.3 Å². The molecule has 0 unspecified atom stereocenters. The van der Waals surface area contributed by atoms with Crippen LogP contribution in [0.5, 0.6) is 0 Å². The Morgan fingerprint density at radius 3 is 1.85 bits per heavy atom. The fourth-order valence-corrected chi connectivity index (χ4v) is 3.12. The number of hydrogen-bond donors (Lipinski definition) is 3. The molecule has 0 saturated heterocycles. The minimum Gasteiger partial charge on any atom is -0.481 e. The first-order chi connectivity index (χ1) is 18.8. The van der Waals surface area contributed by atoms with Crippen molar-refractivity contribution in [1.82, 2.24) is 9.97 Å². The molecule has 2 heterocycles. The van der Waals surface area contributed by atoms with E-state index < -0.39 is 11.9 Å². The number of para-hydroxylation sites is 1. The summed E-state index contributed by atoms with van der Waals surface area (Å²) in [6.45, 7) is 4.02.